The minimum atomic E-state index is -0.906. The van der Waals surface area contributed by atoms with Crippen LogP contribution in [-0.4, -0.2) is 39.8 Å². The van der Waals surface area contributed by atoms with Crippen LogP contribution in [0.2, 0.25) is 0 Å². The zero-order valence-electron chi connectivity index (χ0n) is 15.5. The Hall–Kier alpha value is -2.42. The van der Waals surface area contributed by atoms with Crippen LogP contribution in [0.4, 0.5) is 8.78 Å². The average Bonchev–Trinajstić information content (AvgIpc) is 3.19. The minimum Gasteiger partial charge on any atom is -0.469 e. The summed E-state index contributed by atoms with van der Waals surface area (Å²) >= 11 is 3.63. The Morgan fingerprint density at radius 1 is 1.34 bits per heavy atom. The maximum Gasteiger partial charge on any atom is 0.313 e. The molecule has 0 radical (unpaired) electrons. The van der Waals surface area contributed by atoms with Gasteiger partial charge in [-0.05, 0) is 36.5 Å². The number of alkyl halides is 1. The number of carbonyl (C=O) groups is 2. The molecular formula is C20H18BrF2N3O3. The summed E-state index contributed by atoms with van der Waals surface area (Å²) in [5.41, 5.74) is -0.0908. The molecule has 152 valence electrons. The lowest BCUT2D eigenvalue weighted by atomic mass is 9.78. The van der Waals surface area contributed by atoms with E-state index in [1.165, 1.54) is 13.2 Å². The second kappa shape index (κ2) is 7.44. The van der Waals surface area contributed by atoms with Crippen molar-refractivity contribution in [2.45, 2.75) is 30.1 Å². The van der Waals surface area contributed by atoms with Gasteiger partial charge in [0.2, 0.25) is 5.91 Å². The number of benzene rings is 1. The van der Waals surface area contributed by atoms with E-state index in [2.05, 4.69) is 31.2 Å². The molecule has 4 rings (SSSR count). The third-order valence-electron chi connectivity index (χ3n) is 5.76. The van der Waals surface area contributed by atoms with Gasteiger partial charge in [-0.25, -0.2) is 18.7 Å². The number of aromatic nitrogens is 2. The fraction of sp³-hybridized carbons (Fsp3) is 0.400. The van der Waals surface area contributed by atoms with Gasteiger partial charge in [-0.3, -0.25) is 9.59 Å². The SMILES string of the molecule is COC(=O)[C@@]1(Cc2ccc(F)c(-c3ncc(F)cn3)c2)C[C@@H]2CC(=O)N[C@H]2[C@@H]1Br. The molecule has 9 heteroatoms. The van der Waals surface area contributed by atoms with Gasteiger partial charge in [0.25, 0.3) is 0 Å². The molecule has 1 aromatic carbocycles. The summed E-state index contributed by atoms with van der Waals surface area (Å²) in [6.45, 7) is 0. The van der Waals surface area contributed by atoms with Gasteiger partial charge in [0.15, 0.2) is 11.6 Å². The van der Waals surface area contributed by atoms with Crippen molar-refractivity contribution in [1.29, 1.82) is 0 Å². The van der Waals surface area contributed by atoms with Crippen molar-refractivity contribution in [2.75, 3.05) is 7.11 Å². The number of methoxy groups -OCH3 is 1. The summed E-state index contributed by atoms with van der Waals surface area (Å²) < 4.78 is 32.6. The molecular weight excluding hydrogens is 448 g/mol. The second-order valence-electron chi connectivity index (χ2n) is 7.53. The molecule has 1 saturated heterocycles. The van der Waals surface area contributed by atoms with E-state index >= 15 is 0 Å². The molecule has 2 fully saturated rings. The number of rotatable bonds is 4. The van der Waals surface area contributed by atoms with Crippen molar-refractivity contribution in [1.82, 2.24) is 15.3 Å². The van der Waals surface area contributed by atoms with Crippen LogP contribution in [0, 0.1) is 23.0 Å². The Balaban J connectivity index is 1.69. The van der Waals surface area contributed by atoms with Gasteiger partial charge in [0.1, 0.15) is 5.82 Å². The highest BCUT2D eigenvalue weighted by atomic mass is 79.9. The topological polar surface area (TPSA) is 81.2 Å². The van der Waals surface area contributed by atoms with Gasteiger partial charge >= 0.3 is 5.97 Å². The lowest BCUT2D eigenvalue weighted by Gasteiger charge is -2.31. The fourth-order valence-electron chi connectivity index (χ4n) is 4.47. The van der Waals surface area contributed by atoms with Crippen molar-refractivity contribution in [3.05, 3.63) is 47.8 Å². The fourth-order valence-corrected chi connectivity index (χ4v) is 5.57. The maximum atomic E-state index is 14.4. The van der Waals surface area contributed by atoms with E-state index in [9.17, 15) is 18.4 Å². The van der Waals surface area contributed by atoms with E-state index in [0.29, 0.717) is 18.4 Å². The Kier molecular flexibility index (Phi) is 5.10. The van der Waals surface area contributed by atoms with Crippen LogP contribution in [0.1, 0.15) is 18.4 Å². The van der Waals surface area contributed by atoms with Crippen LogP contribution in [0.15, 0.2) is 30.6 Å². The predicted molar refractivity (Wildman–Crippen MR) is 103 cm³/mol. The molecule has 4 atom stereocenters. The normalized spacial score (nSPS) is 28.1. The lowest BCUT2D eigenvalue weighted by Crippen LogP contribution is -2.45. The first-order valence-electron chi connectivity index (χ1n) is 9.12. The van der Waals surface area contributed by atoms with Crippen molar-refractivity contribution in [2.24, 2.45) is 11.3 Å². The highest BCUT2D eigenvalue weighted by Crippen LogP contribution is 2.52. The quantitative estimate of drug-likeness (QED) is 0.554. The number of amides is 1. The molecule has 0 spiro atoms. The van der Waals surface area contributed by atoms with Crippen LogP contribution < -0.4 is 5.32 Å². The van der Waals surface area contributed by atoms with Gasteiger partial charge in [-0.2, -0.15) is 0 Å². The number of hydrogen-bond donors (Lipinski definition) is 1. The summed E-state index contributed by atoms with van der Waals surface area (Å²) in [5, 5.41) is 2.93. The molecule has 2 aromatic rings. The zero-order valence-corrected chi connectivity index (χ0v) is 17.1. The summed E-state index contributed by atoms with van der Waals surface area (Å²) in [6, 6.07) is 4.28. The Morgan fingerprint density at radius 3 is 2.72 bits per heavy atom. The molecule has 2 aliphatic rings. The van der Waals surface area contributed by atoms with E-state index < -0.39 is 17.0 Å². The monoisotopic (exact) mass is 465 g/mol. The first-order chi connectivity index (χ1) is 13.8. The molecule has 0 unspecified atom stereocenters. The number of halogens is 3. The number of fused-ring (bicyclic) bond motifs is 1. The highest BCUT2D eigenvalue weighted by Gasteiger charge is 2.60. The average molecular weight is 466 g/mol. The molecule has 1 aromatic heterocycles. The van der Waals surface area contributed by atoms with Crippen molar-refractivity contribution < 1.29 is 23.1 Å². The zero-order chi connectivity index (χ0) is 20.8. The first kappa shape index (κ1) is 19.9. The number of nitrogens with one attached hydrogen (secondary N) is 1. The molecule has 1 saturated carbocycles. The predicted octanol–water partition coefficient (Wildman–Crippen LogP) is 2.80. The number of esters is 1. The molecule has 29 heavy (non-hydrogen) atoms. The van der Waals surface area contributed by atoms with E-state index in [1.54, 1.807) is 12.1 Å². The highest BCUT2D eigenvalue weighted by molar-refractivity contribution is 9.09. The third kappa shape index (κ3) is 3.41. The lowest BCUT2D eigenvalue weighted by molar-refractivity contribution is -0.152. The van der Waals surface area contributed by atoms with Crippen molar-refractivity contribution in [3.8, 4) is 11.4 Å². The minimum absolute atomic E-state index is 0.0197. The maximum absolute atomic E-state index is 14.4. The van der Waals surface area contributed by atoms with E-state index in [-0.39, 0.29) is 46.5 Å². The summed E-state index contributed by atoms with van der Waals surface area (Å²) in [4.78, 5) is 31.9. The Bertz CT molecular complexity index is 972. The van der Waals surface area contributed by atoms with Crippen LogP contribution >= 0.6 is 15.9 Å². The summed E-state index contributed by atoms with van der Waals surface area (Å²) in [7, 11) is 1.33. The van der Waals surface area contributed by atoms with E-state index in [0.717, 1.165) is 12.4 Å². The molecule has 6 nitrogen and oxygen atoms in total. The number of carbonyl (C=O) groups excluding carboxylic acids is 2. The van der Waals surface area contributed by atoms with Gasteiger partial charge in [-0.15, -0.1) is 0 Å². The summed E-state index contributed by atoms with van der Waals surface area (Å²) in [6.07, 6.45) is 3.06. The van der Waals surface area contributed by atoms with Crippen LogP contribution in [0.3, 0.4) is 0 Å². The molecule has 1 aliphatic carbocycles. The Morgan fingerprint density at radius 2 is 2.07 bits per heavy atom. The molecule has 1 aliphatic heterocycles. The van der Waals surface area contributed by atoms with Gasteiger partial charge in [-0.1, -0.05) is 22.0 Å². The Labute approximate surface area is 174 Å². The first-order valence-corrected chi connectivity index (χ1v) is 10.0. The van der Waals surface area contributed by atoms with Crippen molar-refractivity contribution >= 4 is 27.8 Å². The van der Waals surface area contributed by atoms with Crippen LogP contribution in [0.25, 0.3) is 11.4 Å². The van der Waals surface area contributed by atoms with Crippen LogP contribution in [-0.2, 0) is 20.7 Å². The largest absolute Gasteiger partial charge is 0.469 e. The van der Waals surface area contributed by atoms with Gasteiger partial charge in [0.05, 0.1) is 35.3 Å². The molecule has 1 amide bonds. The third-order valence-corrected chi connectivity index (χ3v) is 7.20. The smallest absolute Gasteiger partial charge is 0.313 e. The number of ether oxygens (including phenoxy) is 1. The molecule has 1 N–H and O–H groups in total. The number of nitrogens with zero attached hydrogens (tertiary/aromatic N) is 2. The standard InChI is InChI=1S/C20H18BrF2N3O3/c1-29-19(28)20(7-11-5-15(27)26-16(11)17(20)21)6-10-2-3-14(23)13(4-10)18-24-8-12(22)9-25-18/h2-4,8-9,11,16-17H,5-7H2,1H3,(H,26,27)/t11-,16+,17-,20-/m0/s1. The molecule has 0 bridgehead atoms. The number of hydrogen-bond acceptors (Lipinski definition) is 5. The summed E-state index contributed by atoms with van der Waals surface area (Å²) in [5.74, 6) is -1.49. The van der Waals surface area contributed by atoms with E-state index in [1.807, 2.05) is 0 Å². The second-order valence-corrected chi connectivity index (χ2v) is 8.51. The van der Waals surface area contributed by atoms with Gasteiger partial charge in [0, 0.05) is 12.5 Å². The molecule has 2 heterocycles. The van der Waals surface area contributed by atoms with Gasteiger partial charge < -0.3 is 10.1 Å². The van der Waals surface area contributed by atoms with Crippen molar-refractivity contribution in [3.63, 3.8) is 0 Å². The van der Waals surface area contributed by atoms with E-state index in [4.69, 9.17) is 4.74 Å². The van der Waals surface area contributed by atoms with Crippen LogP contribution in [0.5, 0.6) is 0 Å².